The Labute approximate surface area is 316 Å². The van der Waals surface area contributed by atoms with Crippen LogP contribution in [0, 0.1) is 0 Å². The van der Waals surface area contributed by atoms with Crippen LogP contribution in [0.1, 0.15) is 0 Å². The summed E-state index contributed by atoms with van der Waals surface area (Å²) >= 11 is 0. The van der Waals surface area contributed by atoms with E-state index in [1.54, 1.807) is 24.8 Å². The molecule has 55 heavy (non-hydrogen) atoms. The summed E-state index contributed by atoms with van der Waals surface area (Å²) in [6, 6.07) is 50.6. The van der Waals surface area contributed by atoms with Gasteiger partial charge in [-0.05, 0) is 88.5 Å². The first-order valence-electron chi connectivity index (χ1n) is 18.0. The van der Waals surface area contributed by atoms with E-state index >= 15 is 0 Å². The Kier molecular flexibility index (Phi) is 8.00. The zero-order valence-electron chi connectivity index (χ0n) is 29.4. The van der Waals surface area contributed by atoms with Crippen LogP contribution in [0.2, 0.25) is 0 Å². The molecule has 0 saturated carbocycles. The number of para-hydroxylation sites is 2. The summed E-state index contributed by atoms with van der Waals surface area (Å²) in [5, 5.41) is 2.19. The molecule has 7 nitrogen and oxygen atoms in total. The number of hydrogen-bond donors (Lipinski definition) is 0. The second-order valence-electron chi connectivity index (χ2n) is 13.3. The molecule has 5 aromatic heterocycles. The molecule has 0 spiro atoms. The molecule has 5 heterocycles. The zero-order chi connectivity index (χ0) is 36.6. The molecule has 0 amide bonds. The molecular weight excluding hydrogens is 677 g/mol. The van der Waals surface area contributed by atoms with E-state index in [4.69, 9.17) is 14.4 Å². The normalized spacial score (nSPS) is 11.3. The molecule has 0 saturated heterocycles. The monoisotopic (exact) mass is 706 g/mol. The molecule has 0 unspecified atom stereocenters. The van der Waals surface area contributed by atoms with Crippen molar-refractivity contribution in [1.29, 1.82) is 0 Å². The molecule has 0 aliphatic carbocycles. The van der Waals surface area contributed by atoms with Crippen LogP contribution >= 0.6 is 0 Å². The van der Waals surface area contributed by atoms with E-state index in [0.717, 1.165) is 100 Å². The average molecular weight is 707 g/mol. The Hall–Kier alpha value is -7.64. The van der Waals surface area contributed by atoms with Crippen molar-refractivity contribution in [2.75, 3.05) is 0 Å². The van der Waals surface area contributed by atoms with E-state index in [0.29, 0.717) is 0 Å². The number of fused-ring (bicyclic) bond motifs is 3. The third kappa shape index (κ3) is 6.19. The molecule has 10 aromatic rings. The molecule has 0 aliphatic heterocycles. The largest absolute Gasteiger partial charge is 0.455 e. The second-order valence-corrected chi connectivity index (χ2v) is 13.3. The molecule has 0 fully saturated rings. The van der Waals surface area contributed by atoms with Crippen molar-refractivity contribution >= 4 is 21.9 Å². The smallest absolute Gasteiger partial charge is 0.143 e. The first-order chi connectivity index (χ1) is 27.2. The highest BCUT2D eigenvalue weighted by atomic mass is 16.3. The lowest BCUT2D eigenvalue weighted by Gasteiger charge is -2.14. The summed E-state index contributed by atoms with van der Waals surface area (Å²) in [5.41, 5.74) is 15.3. The third-order valence-electron chi connectivity index (χ3n) is 9.84. The number of benzene rings is 5. The van der Waals surface area contributed by atoms with Gasteiger partial charge in [-0.1, -0.05) is 84.9 Å². The fraction of sp³-hybridized carbons (Fsp3) is 0. The summed E-state index contributed by atoms with van der Waals surface area (Å²) in [7, 11) is 0. The minimum atomic E-state index is 0.823. The van der Waals surface area contributed by atoms with Gasteiger partial charge in [0, 0.05) is 63.4 Å². The van der Waals surface area contributed by atoms with Crippen molar-refractivity contribution in [2.45, 2.75) is 0 Å². The van der Waals surface area contributed by atoms with Gasteiger partial charge in [-0.2, -0.15) is 0 Å². The van der Waals surface area contributed by atoms with Gasteiger partial charge in [0.1, 0.15) is 23.8 Å². The standard InChI is InChI=1S/C48H30N6O/c1-2-19-47-41(12-1)42-14-5-13-40(48(42)55-47)37-23-35(31-8-3-10-33(20-31)43-15-6-17-45(53-43)38-25-49-29-50-26-38)22-36(24-37)32-9-4-11-34(21-32)44-16-7-18-46(54-44)39-27-51-30-52-28-39/h1-30H. The maximum atomic E-state index is 6.54. The summed E-state index contributed by atoms with van der Waals surface area (Å²) in [6.07, 6.45) is 10.2. The van der Waals surface area contributed by atoms with Gasteiger partial charge in [-0.25, -0.2) is 29.9 Å². The predicted molar refractivity (Wildman–Crippen MR) is 219 cm³/mol. The number of rotatable bonds is 7. The SMILES string of the molecule is c1cc(-c2cc(-c3cccc(-c4cccc(-c5cncnc5)n4)c3)cc(-c3cccc4c3oc3ccccc34)c2)cc(-c2cccc(-c3cncnc3)n2)c1. The molecule has 10 rings (SSSR count). The van der Waals surface area contributed by atoms with Crippen molar-refractivity contribution in [1.82, 2.24) is 29.9 Å². The molecule has 5 aromatic carbocycles. The van der Waals surface area contributed by atoms with Crippen LogP contribution in [0.3, 0.4) is 0 Å². The molecular formula is C48H30N6O. The number of aromatic nitrogens is 6. The lowest BCUT2D eigenvalue weighted by atomic mass is 9.91. The highest BCUT2D eigenvalue weighted by Gasteiger charge is 2.16. The van der Waals surface area contributed by atoms with E-state index < -0.39 is 0 Å². The lowest BCUT2D eigenvalue weighted by molar-refractivity contribution is 0.670. The molecule has 258 valence electrons. The Bertz CT molecular complexity index is 2850. The van der Waals surface area contributed by atoms with Crippen LogP contribution in [0.15, 0.2) is 187 Å². The molecule has 0 aliphatic rings. The Morgan fingerprint density at radius 3 is 1.35 bits per heavy atom. The van der Waals surface area contributed by atoms with Gasteiger partial charge in [-0.15, -0.1) is 0 Å². The van der Waals surface area contributed by atoms with Crippen LogP contribution in [0.4, 0.5) is 0 Å². The molecule has 0 radical (unpaired) electrons. The van der Waals surface area contributed by atoms with E-state index in [1.807, 2.05) is 48.5 Å². The van der Waals surface area contributed by atoms with Crippen LogP contribution in [0.5, 0.6) is 0 Å². The third-order valence-corrected chi connectivity index (χ3v) is 9.84. The second kappa shape index (κ2) is 13.7. The highest BCUT2D eigenvalue weighted by Crippen LogP contribution is 2.40. The molecule has 0 N–H and O–H groups in total. The summed E-state index contributed by atoms with van der Waals surface area (Å²) in [5.74, 6) is 0. The number of furan rings is 1. The summed E-state index contributed by atoms with van der Waals surface area (Å²) in [4.78, 5) is 26.7. The van der Waals surface area contributed by atoms with Gasteiger partial charge in [0.2, 0.25) is 0 Å². The fourth-order valence-corrected chi connectivity index (χ4v) is 7.18. The van der Waals surface area contributed by atoms with Crippen molar-refractivity contribution < 1.29 is 4.42 Å². The van der Waals surface area contributed by atoms with E-state index in [-0.39, 0.29) is 0 Å². The van der Waals surface area contributed by atoms with Gasteiger partial charge in [0.25, 0.3) is 0 Å². The first-order valence-corrected chi connectivity index (χ1v) is 18.0. The van der Waals surface area contributed by atoms with Crippen LogP contribution < -0.4 is 0 Å². The number of nitrogens with zero attached hydrogens (tertiary/aromatic N) is 6. The first kappa shape index (κ1) is 32.0. The number of hydrogen-bond acceptors (Lipinski definition) is 7. The van der Waals surface area contributed by atoms with E-state index in [9.17, 15) is 0 Å². The Morgan fingerprint density at radius 1 is 0.327 bits per heavy atom. The van der Waals surface area contributed by atoms with E-state index in [1.165, 1.54) is 12.7 Å². The van der Waals surface area contributed by atoms with Gasteiger partial charge in [-0.3, -0.25) is 0 Å². The number of pyridine rings is 2. The fourth-order valence-electron chi connectivity index (χ4n) is 7.18. The topological polar surface area (TPSA) is 90.5 Å². The summed E-state index contributed by atoms with van der Waals surface area (Å²) in [6.45, 7) is 0. The lowest BCUT2D eigenvalue weighted by Crippen LogP contribution is -1.91. The molecule has 0 atom stereocenters. The van der Waals surface area contributed by atoms with Gasteiger partial charge in [0.05, 0.1) is 22.8 Å². The van der Waals surface area contributed by atoms with Crippen molar-refractivity contribution in [2.24, 2.45) is 0 Å². The minimum absolute atomic E-state index is 0.823. The van der Waals surface area contributed by atoms with E-state index in [2.05, 4.69) is 117 Å². The van der Waals surface area contributed by atoms with Crippen LogP contribution in [-0.4, -0.2) is 29.9 Å². The van der Waals surface area contributed by atoms with Gasteiger partial charge in [0.15, 0.2) is 0 Å². The van der Waals surface area contributed by atoms with Gasteiger partial charge < -0.3 is 4.42 Å². The van der Waals surface area contributed by atoms with Crippen molar-refractivity contribution in [3.8, 4) is 78.4 Å². The van der Waals surface area contributed by atoms with Crippen LogP contribution in [0.25, 0.3) is 100 Å². The Balaban J connectivity index is 1.12. The minimum Gasteiger partial charge on any atom is -0.455 e. The summed E-state index contributed by atoms with van der Waals surface area (Å²) < 4.78 is 6.54. The molecule has 7 heteroatoms. The quantitative estimate of drug-likeness (QED) is 0.163. The van der Waals surface area contributed by atoms with Gasteiger partial charge >= 0.3 is 0 Å². The maximum absolute atomic E-state index is 6.54. The highest BCUT2D eigenvalue weighted by molar-refractivity contribution is 6.09. The van der Waals surface area contributed by atoms with Crippen LogP contribution in [-0.2, 0) is 0 Å². The zero-order valence-corrected chi connectivity index (χ0v) is 29.4. The van der Waals surface area contributed by atoms with Crippen molar-refractivity contribution in [3.05, 3.63) is 183 Å². The predicted octanol–water partition coefficient (Wildman–Crippen LogP) is 11.6. The maximum Gasteiger partial charge on any atom is 0.143 e. The van der Waals surface area contributed by atoms with Crippen molar-refractivity contribution in [3.63, 3.8) is 0 Å². The average Bonchev–Trinajstić information content (AvgIpc) is 3.66. The molecule has 0 bridgehead atoms. The Morgan fingerprint density at radius 2 is 0.764 bits per heavy atom.